The van der Waals surface area contributed by atoms with E-state index in [-0.39, 0.29) is 23.1 Å². The summed E-state index contributed by atoms with van der Waals surface area (Å²) in [6.07, 6.45) is 5.50. The van der Waals surface area contributed by atoms with Crippen LogP contribution in [0.5, 0.6) is 0 Å². The molecule has 0 atom stereocenters. The lowest BCUT2D eigenvalue weighted by Gasteiger charge is -2.68. The van der Waals surface area contributed by atoms with E-state index in [4.69, 9.17) is 14.2 Å². The van der Waals surface area contributed by atoms with Gasteiger partial charge in [-0.1, -0.05) is 0 Å². The Morgan fingerprint density at radius 1 is 1.36 bits per heavy atom. The normalized spacial score (nSPS) is 43.2. The van der Waals surface area contributed by atoms with Crippen molar-refractivity contribution in [2.75, 3.05) is 7.11 Å². The Balaban J connectivity index is 1.66. The summed E-state index contributed by atoms with van der Waals surface area (Å²) in [5, 5.41) is 0. The first-order valence-electron chi connectivity index (χ1n) is 4.75. The maximum Gasteiger partial charge on any atom is 0.311 e. The van der Waals surface area contributed by atoms with E-state index in [9.17, 15) is 4.79 Å². The summed E-state index contributed by atoms with van der Waals surface area (Å²) in [6, 6.07) is 0. The second-order valence-corrected chi connectivity index (χ2v) is 4.54. The number of methoxy groups -OCH3 is 1. The molecule has 2 bridgehead atoms. The van der Waals surface area contributed by atoms with E-state index < -0.39 is 0 Å². The first-order chi connectivity index (χ1) is 6.71. The average molecular weight is 196 g/mol. The number of hydrogen-bond acceptors (Lipinski definition) is 4. The molecular weight excluding hydrogens is 184 g/mol. The van der Waals surface area contributed by atoms with Crippen LogP contribution < -0.4 is 0 Å². The number of ether oxygens (including phenoxy) is 3. The maximum absolute atomic E-state index is 11.4. The zero-order chi connectivity index (χ0) is 9.81. The zero-order valence-corrected chi connectivity index (χ0v) is 7.99. The molecule has 0 N–H and O–H groups in total. The van der Waals surface area contributed by atoms with Crippen LogP contribution in [0.3, 0.4) is 0 Å². The number of rotatable bonds is 2. The predicted molar refractivity (Wildman–Crippen MR) is 45.8 cm³/mol. The molecule has 0 aromatic rings. The lowest BCUT2D eigenvalue weighted by Crippen LogP contribution is -2.70. The molecule has 4 heteroatoms. The Hall–Kier alpha value is -1.19. The molecule has 0 spiro atoms. The van der Waals surface area contributed by atoms with E-state index in [1.165, 1.54) is 7.11 Å². The summed E-state index contributed by atoms with van der Waals surface area (Å²) in [6.45, 7) is 0. The van der Waals surface area contributed by atoms with Crippen molar-refractivity contribution >= 4 is 5.97 Å². The molecule has 0 aromatic heterocycles. The third-order valence-corrected chi connectivity index (χ3v) is 3.65. The molecule has 1 heterocycles. The second kappa shape index (κ2) is 2.24. The van der Waals surface area contributed by atoms with Crippen molar-refractivity contribution in [3.05, 3.63) is 12.5 Å². The summed E-state index contributed by atoms with van der Waals surface area (Å²) in [5.41, 5.74) is -0.123. The van der Waals surface area contributed by atoms with E-state index in [1.807, 2.05) is 0 Å². The van der Waals surface area contributed by atoms with Gasteiger partial charge in [0, 0.05) is 5.41 Å². The molecule has 3 saturated carbocycles. The predicted octanol–water partition coefficient (Wildman–Crippen LogP) is 1.17. The Bertz CT molecular complexity index is 292. The summed E-state index contributed by atoms with van der Waals surface area (Å²) < 4.78 is 15.4. The number of carbonyl (C=O) groups excluding carboxylic acids is 1. The first-order valence-corrected chi connectivity index (χ1v) is 4.75. The minimum Gasteiger partial charge on any atom is -0.469 e. The van der Waals surface area contributed by atoms with Crippen LogP contribution in [0.2, 0.25) is 0 Å². The zero-order valence-electron chi connectivity index (χ0n) is 7.99. The van der Waals surface area contributed by atoms with Crippen LogP contribution in [0.4, 0.5) is 0 Å². The molecule has 4 aliphatic rings. The summed E-state index contributed by atoms with van der Waals surface area (Å²) in [4.78, 5) is 11.4. The van der Waals surface area contributed by atoms with Gasteiger partial charge < -0.3 is 14.2 Å². The standard InChI is InChI=1S/C10H12O4/c1-12-7(11)9-4-10(5-9,6-9)8-13-2-3-14-8/h2-3,8H,4-6H2,1H3. The monoisotopic (exact) mass is 196 g/mol. The molecule has 4 nitrogen and oxygen atoms in total. The van der Waals surface area contributed by atoms with E-state index in [0.717, 1.165) is 19.3 Å². The van der Waals surface area contributed by atoms with Crippen LogP contribution in [0.1, 0.15) is 19.3 Å². The van der Waals surface area contributed by atoms with Gasteiger partial charge in [-0.3, -0.25) is 4.79 Å². The Morgan fingerprint density at radius 3 is 2.43 bits per heavy atom. The van der Waals surface area contributed by atoms with Crippen LogP contribution in [0, 0.1) is 10.8 Å². The van der Waals surface area contributed by atoms with Gasteiger partial charge in [0.2, 0.25) is 6.29 Å². The molecular formula is C10H12O4. The number of carbonyl (C=O) groups is 1. The van der Waals surface area contributed by atoms with Crippen molar-refractivity contribution in [2.45, 2.75) is 25.6 Å². The largest absolute Gasteiger partial charge is 0.469 e. The smallest absolute Gasteiger partial charge is 0.311 e. The molecule has 0 aromatic carbocycles. The number of hydrogen-bond donors (Lipinski definition) is 0. The molecule has 3 aliphatic carbocycles. The van der Waals surface area contributed by atoms with Crippen LogP contribution in [-0.2, 0) is 19.0 Å². The fourth-order valence-electron chi connectivity index (χ4n) is 3.08. The quantitative estimate of drug-likeness (QED) is 0.622. The van der Waals surface area contributed by atoms with E-state index in [2.05, 4.69) is 0 Å². The van der Waals surface area contributed by atoms with E-state index in [0.29, 0.717) is 0 Å². The van der Waals surface area contributed by atoms with Crippen molar-refractivity contribution in [3.8, 4) is 0 Å². The lowest BCUT2D eigenvalue weighted by molar-refractivity contribution is -0.296. The summed E-state index contributed by atoms with van der Waals surface area (Å²) in [5.74, 6) is -0.0784. The molecule has 3 fully saturated rings. The molecule has 0 amide bonds. The molecule has 14 heavy (non-hydrogen) atoms. The fraction of sp³-hybridized carbons (Fsp3) is 0.700. The molecule has 0 radical (unpaired) electrons. The molecule has 1 aliphatic heterocycles. The van der Waals surface area contributed by atoms with Gasteiger partial charge in [0.15, 0.2) is 0 Å². The minimum absolute atomic E-state index is 0.0784. The maximum atomic E-state index is 11.4. The van der Waals surface area contributed by atoms with Crippen molar-refractivity contribution < 1.29 is 19.0 Å². The topological polar surface area (TPSA) is 44.8 Å². The molecule has 0 unspecified atom stereocenters. The lowest BCUT2D eigenvalue weighted by atomic mass is 9.35. The van der Waals surface area contributed by atoms with Gasteiger partial charge in [0.05, 0.1) is 12.5 Å². The highest BCUT2D eigenvalue weighted by Crippen LogP contribution is 2.75. The average Bonchev–Trinajstić information content (AvgIpc) is 2.52. The van der Waals surface area contributed by atoms with Gasteiger partial charge in [-0.15, -0.1) is 0 Å². The van der Waals surface area contributed by atoms with Crippen molar-refractivity contribution in [1.29, 1.82) is 0 Å². The van der Waals surface area contributed by atoms with Crippen LogP contribution in [0.25, 0.3) is 0 Å². The number of esters is 1. The minimum atomic E-state index is -0.204. The second-order valence-electron chi connectivity index (χ2n) is 4.54. The fourth-order valence-corrected chi connectivity index (χ4v) is 3.08. The molecule has 76 valence electrons. The highest BCUT2D eigenvalue weighted by atomic mass is 16.7. The van der Waals surface area contributed by atoms with Crippen LogP contribution in [0.15, 0.2) is 12.5 Å². The molecule has 4 rings (SSSR count). The SMILES string of the molecule is COC(=O)C12CC(C3OC=CO3)(C1)C2. The summed E-state index contributed by atoms with van der Waals surface area (Å²) >= 11 is 0. The highest BCUT2D eigenvalue weighted by Gasteiger charge is 2.76. The van der Waals surface area contributed by atoms with Gasteiger partial charge in [-0.25, -0.2) is 0 Å². The third-order valence-electron chi connectivity index (χ3n) is 3.65. The van der Waals surface area contributed by atoms with Crippen molar-refractivity contribution in [2.24, 2.45) is 10.8 Å². The van der Waals surface area contributed by atoms with Gasteiger partial charge in [-0.05, 0) is 19.3 Å². The van der Waals surface area contributed by atoms with Gasteiger partial charge in [-0.2, -0.15) is 0 Å². The van der Waals surface area contributed by atoms with E-state index >= 15 is 0 Å². The molecule has 0 saturated heterocycles. The van der Waals surface area contributed by atoms with E-state index in [1.54, 1.807) is 12.5 Å². The Morgan fingerprint density at radius 2 is 1.93 bits per heavy atom. The van der Waals surface area contributed by atoms with Crippen molar-refractivity contribution in [3.63, 3.8) is 0 Å². The van der Waals surface area contributed by atoms with Crippen LogP contribution >= 0.6 is 0 Å². The third kappa shape index (κ3) is 0.728. The Kier molecular flexibility index (Phi) is 1.30. The van der Waals surface area contributed by atoms with Crippen molar-refractivity contribution in [1.82, 2.24) is 0 Å². The van der Waals surface area contributed by atoms with Gasteiger partial charge in [0.1, 0.15) is 12.5 Å². The summed E-state index contributed by atoms with van der Waals surface area (Å²) in [7, 11) is 1.44. The van der Waals surface area contributed by atoms with Crippen LogP contribution in [-0.4, -0.2) is 19.4 Å². The first kappa shape index (κ1) is 8.15. The Labute approximate surface area is 81.8 Å². The highest BCUT2D eigenvalue weighted by molar-refractivity contribution is 5.81. The van der Waals surface area contributed by atoms with Gasteiger partial charge >= 0.3 is 5.97 Å². The van der Waals surface area contributed by atoms with Gasteiger partial charge in [0.25, 0.3) is 0 Å².